The molecule has 0 saturated heterocycles. The summed E-state index contributed by atoms with van der Waals surface area (Å²) in [5.41, 5.74) is 0.892. The number of halogens is 1. The number of rotatable bonds is 4. The molecule has 0 amide bonds. The molecule has 1 rings (SSSR count). The maximum Gasteiger partial charge on any atom is 0.144 e. The molecular weight excluding hydrogens is 314 g/mol. The van der Waals surface area contributed by atoms with E-state index in [0.29, 0.717) is 6.61 Å². The van der Waals surface area contributed by atoms with Crippen LogP contribution < -0.4 is 4.74 Å². The van der Waals surface area contributed by atoms with Crippen LogP contribution in [-0.4, -0.2) is 22.1 Å². The van der Waals surface area contributed by atoms with Crippen molar-refractivity contribution in [3.05, 3.63) is 28.2 Å². The standard InChI is InChI=1S/C13H18BrNO2S/c1-5-17-12-7-6-10(8-11(12)14)9-15-18(16)13(2,3)4/h6-9H,5H2,1-4H3/b15-9+/t18-/m0/s1. The van der Waals surface area contributed by atoms with Gasteiger partial charge in [0.2, 0.25) is 0 Å². The van der Waals surface area contributed by atoms with Crippen molar-refractivity contribution in [2.45, 2.75) is 32.4 Å². The SMILES string of the molecule is CCOc1ccc(/C=N/[S@@+]([O-])C(C)(C)C)cc1Br. The molecule has 0 saturated carbocycles. The minimum absolute atomic E-state index is 0.334. The van der Waals surface area contributed by atoms with Gasteiger partial charge in [-0.05, 0) is 67.4 Å². The molecule has 0 aromatic heterocycles. The molecule has 0 fully saturated rings. The second-order valence-electron chi connectivity index (χ2n) is 4.72. The largest absolute Gasteiger partial charge is 0.591 e. The van der Waals surface area contributed by atoms with Crippen LogP contribution in [0.1, 0.15) is 33.3 Å². The molecule has 0 aliphatic rings. The van der Waals surface area contributed by atoms with E-state index in [0.717, 1.165) is 15.8 Å². The highest BCUT2D eigenvalue weighted by Crippen LogP contribution is 2.25. The fraction of sp³-hybridized carbons (Fsp3) is 0.462. The molecular formula is C13H18BrNO2S. The van der Waals surface area contributed by atoms with Gasteiger partial charge in [-0.2, -0.15) is 0 Å². The predicted molar refractivity (Wildman–Crippen MR) is 80.8 cm³/mol. The Bertz CT molecular complexity index is 429. The summed E-state index contributed by atoms with van der Waals surface area (Å²) in [6.07, 6.45) is 1.63. The summed E-state index contributed by atoms with van der Waals surface area (Å²) in [5, 5.41) is 0. The van der Waals surface area contributed by atoms with E-state index in [1.165, 1.54) is 0 Å². The average Bonchev–Trinajstić information content (AvgIpc) is 2.28. The van der Waals surface area contributed by atoms with E-state index in [4.69, 9.17) is 4.74 Å². The van der Waals surface area contributed by atoms with Gasteiger partial charge in [0.25, 0.3) is 0 Å². The molecule has 1 aromatic carbocycles. The molecule has 18 heavy (non-hydrogen) atoms. The van der Waals surface area contributed by atoms with Crippen LogP contribution in [0.5, 0.6) is 5.75 Å². The summed E-state index contributed by atoms with van der Waals surface area (Å²) in [6, 6.07) is 5.66. The third-order valence-corrected chi connectivity index (χ3v) is 4.04. The first-order chi connectivity index (χ1) is 8.34. The van der Waals surface area contributed by atoms with E-state index in [1.807, 2.05) is 45.9 Å². The lowest BCUT2D eigenvalue weighted by atomic mass is 10.2. The van der Waals surface area contributed by atoms with Crippen LogP contribution in [0.15, 0.2) is 27.1 Å². The topological polar surface area (TPSA) is 44.6 Å². The summed E-state index contributed by atoms with van der Waals surface area (Å²) in [5.74, 6) is 0.798. The van der Waals surface area contributed by atoms with Gasteiger partial charge in [-0.15, -0.1) is 0 Å². The van der Waals surface area contributed by atoms with E-state index in [9.17, 15) is 4.55 Å². The van der Waals surface area contributed by atoms with Crippen molar-refractivity contribution in [1.82, 2.24) is 0 Å². The van der Waals surface area contributed by atoms with E-state index in [1.54, 1.807) is 6.21 Å². The summed E-state index contributed by atoms with van der Waals surface area (Å²) >= 11 is 2.20. The monoisotopic (exact) mass is 331 g/mol. The average molecular weight is 332 g/mol. The van der Waals surface area contributed by atoms with Crippen molar-refractivity contribution in [2.75, 3.05) is 6.61 Å². The molecule has 0 bridgehead atoms. The first-order valence-electron chi connectivity index (χ1n) is 5.73. The molecule has 5 heteroatoms. The second-order valence-corrected chi connectivity index (χ2v) is 7.51. The smallest absolute Gasteiger partial charge is 0.144 e. The fourth-order valence-corrected chi connectivity index (χ4v) is 2.18. The van der Waals surface area contributed by atoms with Gasteiger partial charge in [-0.25, -0.2) is 0 Å². The Labute approximate surface area is 120 Å². The Balaban J connectivity index is 2.80. The molecule has 0 aliphatic carbocycles. The minimum Gasteiger partial charge on any atom is -0.591 e. The van der Waals surface area contributed by atoms with Crippen molar-refractivity contribution >= 4 is 33.5 Å². The summed E-state index contributed by atoms with van der Waals surface area (Å²) in [4.78, 5) is 0. The molecule has 3 nitrogen and oxygen atoms in total. The van der Waals surface area contributed by atoms with Gasteiger partial charge in [0.15, 0.2) is 0 Å². The van der Waals surface area contributed by atoms with E-state index in [-0.39, 0.29) is 4.75 Å². The van der Waals surface area contributed by atoms with Crippen molar-refractivity contribution in [1.29, 1.82) is 0 Å². The van der Waals surface area contributed by atoms with Crippen molar-refractivity contribution in [2.24, 2.45) is 4.40 Å². The van der Waals surface area contributed by atoms with Gasteiger partial charge in [0.1, 0.15) is 21.9 Å². The number of ether oxygens (including phenoxy) is 1. The predicted octanol–water partition coefficient (Wildman–Crippen LogP) is 3.73. The normalized spacial score (nSPS) is 13.9. The molecule has 0 spiro atoms. The van der Waals surface area contributed by atoms with Crippen LogP contribution in [0.4, 0.5) is 0 Å². The van der Waals surface area contributed by atoms with Gasteiger partial charge in [-0.3, -0.25) is 0 Å². The van der Waals surface area contributed by atoms with Gasteiger partial charge >= 0.3 is 0 Å². The maximum absolute atomic E-state index is 11.8. The summed E-state index contributed by atoms with van der Waals surface area (Å²) < 4.78 is 21.8. The van der Waals surface area contributed by atoms with Crippen LogP contribution in [0.2, 0.25) is 0 Å². The van der Waals surface area contributed by atoms with Crippen molar-refractivity contribution in [3.63, 3.8) is 0 Å². The van der Waals surface area contributed by atoms with Crippen LogP contribution >= 0.6 is 15.9 Å². The lowest BCUT2D eigenvalue weighted by molar-refractivity contribution is 0.338. The zero-order chi connectivity index (χ0) is 13.8. The molecule has 1 aromatic rings. The molecule has 0 N–H and O–H groups in total. The second kappa shape index (κ2) is 6.59. The zero-order valence-electron chi connectivity index (χ0n) is 11.1. The molecule has 1 atom stereocenters. The number of benzene rings is 1. The van der Waals surface area contributed by atoms with Crippen LogP contribution in [-0.2, 0) is 11.4 Å². The number of hydrogen-bond donors (Lipinski definition) is 0. The van der Waals surface area contributed by atoms with Gasteiger partial charge in [-0.1, -0.05) is 4.40 Å². The zero-order valence-corrected chi connectivity index (χ0v) is 13.5. The molecule has 100 valence electrons. The third kappa shape index (κ3) is 4.63. The van der Waals surface area contributed by atoms with Gasteiger partial charge in [0.05, 0.1) is 17.3 Å². The van der Waals surface area contributed by atoms with Crippen molar-refractivity contribution < 1.29 is 9.29 Å². The van der Waals surface area contributed by atoms with Gasteiger partial charge < -0.3 is 9.29 Å². The van der Waals surface area contributed by atoms with Crippen LogP contribution in [0.25, 0.3) is 0 Å². The Hall–Kier alpha value is -0.520. The summed E-state index contributed by atoms with van der Waals surface area (Å²) in [7, 11) is 0. The van der Waals surface area contributed by atoms with Crippen LogP contribution in [0, 0.1) is 0 Å². The Kier molecular flexibility index (Phi) is 5.69. The highest BCUT2D eigenvalue weighted by Gasteiger charge is 2.25. The number of nitrogens with zero attached hydrogens (tertiary/aromatic N) is 1. The van der Waals surface area contributed by atoms with E-state index in [2.05, 4.69) is 20.3 Å². The Morgan fingerprint density at radius 1 is 1.44 bits per heavy atom. The Morgan fingerprint density at radius 2 is 2.11 bits per heavy atom. The van der Waals surface area contributed by atoms with E-state index < -0.39 is 11.4 Å². The molecule has 0 aliphatic heterocycles. The van der Waals surface area contributed by atoms with E-state index >= 15 is 0 Å². The molecule has 0 heterocycles. The first kappa shape index (κ1) is 15.5. The highest BCUT2D eigenvalue weighted by molar-refractivity contribution is 9.10. The first-order valence-corrected chi connectivity index (χ1v) is 7.63. The lowest BCUT2D eigenvalue weighted by Gasteiger charge is -2.17. The van der Waals surface area contributed by atoms with Crippen molar-refractivity contribution in [3.8, 4) is 5.75 Å². The minimum atomic E-state index is -1.23. The highest BCUT2D eigenvalue weighted by atomic mass is 79.9. The molecule has 0 unspecified atom stereocenters. The molecule has 0 radical (unpaired) electrons. The fourth-order valence-electron chi connectivity index (χ4n) is 1.14. The maximum atomic E-state index is 11.8. The van der Waals surface area contributed by atoms with Gasteiger partial charge in [0, 0.05) is 0 Å². The third-order valence-electron chi connectivity index (χ3n) is 2.08. The quantitative estimate of drug-likeness (QED) is 0.623. The lowest BCUT2D eigenvalue weighted by Crippen LogP contribution is -2.25. The number of hydrogen-bond acceptors (Lipinski definition) is 3. The summed E-state index contributed by atoms with van der Waals surface area (Å²) in [6.45, 7) is 8.26. The van der Waals surface area contributed by atoms with Crippen LogP contribution in [0.3, 0.4) is 0 Å². The Morgan fingerprint density at radius 3 is 2.61 bits per heavy atom.